The summed E-state index contributed by atoms with van der Waals surface area (Å²) in [5.41, 5.74) is 4.65. The summed E-state index contributed by atoms with van der Waals surface area (Å²) in [6, 6.07) is 14.5. The number of nitrogens with one attached hydrogen (secondary N) is 1. The number of amides is 1. The van der Waals surface area contributed by atoms with Crippen molar-refractivity contribution in [2.45, 2.75) is 53.0 Å². The first-order chi connectivity index (χ1) is 11.9. The Morgan fingerprint density at radius 1 is 1.08 bits per heavy atom. The first-order valence-electron chi connectivity index (χ1n) is 9.02. The van der Waals surface area contributed by atoms with Gasteiger partial charge in [-0.15, -0.1) is 0 Å². The molecule has 0 saturated carbocycles. The van der Waals surface area contributed by atoms with Crippen molar-refractivity contribution < 1.29 is 9.53 Å². The summed E-state index contributed by atoms with van der Waals surface area (Å²) in [5.74, 6) is 1.04. The van der Waals surface area contributed by atoms with Crippen molar-refractivity contribution in [2.75, 3.05) is 6.61 Å². The maximum absolute atomic E-state index is 12.3. The number of carbonyl (C=O) groups excluding carboxylic acids is 1. The van der Waals surface area contributed by atoms with Crippen molar-refractivity contribution in [3.05, 3.63) is 64.7 Å². The fourth-order valence-electron chi connectivity index (χ4n) is 2.80. The first kappa shape index (κ1) is 19.0. The van der Waals surface area contributed by atoms with Crippen LogP contribution in [0.5, 0.6) is 5.75 Å². The minimum Gasteiger partial charge on any atom is -0.483 e. The van der Waals surface area contributed by atoms with E-state index >= 15 is 0 Å². The SMILES string of the molecule is CCc1ccc([C@H](C)NC(=O)COc2cc(C)ccc2C(C)C)cc1. The molecule has 3 heteroatoms. The molecule has 1 amide bonds. The zero-order valence-electron chi connectivity index (χ0n) is 15.9. The van der Waals surface area contributed by atoms with E-state index in [0.717, 1.165) is 28.9 Å². The molecule has 0 aliphatic rings. The molecule has 0 aliphatic carbocycles. The van der Waals surface area contributed by atoms with Gasteiger partial charge in [0.2, 0.25) is 0 Å². The summed E-state index contributed by atoms with van der Waals surface area (Å²) in [7, 11) is 0. The monoisotopic (exact) mass is 339 g/mol. The second-order valence-electron chi connectivity index (χ2n) is 6.87. The summed E-state index contributed by atoms with van der Waals surface area (Å²) < 4.78 is 5.80. The van der Waals surface area contributed by atoms with Crippen LogP contribution < -0.4 is 10.1 Å². The maximum atomic E-state index is 12.3. The standard InChI is InChI=1S/C22H29NO2/c1-6-18-8-10-19(11-9-18)17(5)23-22(24)14-25-21-13-16(4)7-12-20(21)15(2)3/h7-13,15,17H,6,14H2,1-5H3,(H,23,24)/t17-/m0/s1. The Bertz CT molecular complexity index is 704. The van der Waals surface area contributed by atoms with Crippen LogP contribution >= 0.6 is 0 Å². The molecule has 1 atom stereocenters. The quantitative estimate of drug-likeness (QED) is 0.776. The number of benzene rings is 2. The van der Waals surface area contributed by atoms with Crippen LogP contribution in [0.25, 0.3) is 0 Å². The third kappa shape index (κ3) is 5.35. The van der Waals surface area contributed by atoms with Crippen LogP contribution in [0.3, 0.4) is 0 Å². The average Bonchev–Trinajstić information content (AvgIpc) is 2.59. The van der Waals surface area contributed by atoms with E-state index in [1.807, 2.05) is 19.9 Å². The third-order valence-electron chi connectivity index (χ3n) is 4.42. The van der Waals surface area contributed by atoms with Gasteiger partial charge in [0.1, 0.15) is 5.75 Å². The van der Waals surface area contributed by atoms with Crippen LogP contribution in [0.15, 0.2) is 42.5 Å². The highest BCUT2D eigenvalue weighted by atomic mass is 16.5. The van der Waals surface area contributed by atoms with Gasteiger partial charge in [0, 0.05) is 0 Å². The highest BCUT2D eigenvalue weighted by molar-refractivity contribution is 5.78. The van der Waals surface area contributed by atoms with Crippen molar-refractivity contribution in [3.63, 3.8) is 0 Å². The summed E-state index contributed by atoms with van der Waals surface area (Å²) in [6.45, 7) is 10.4. The maximum Gasteiger partial charge on any atom is 0.258 e. The summed E-state index contributed by atoms with van der Waals surface area (Å²) >= 11 is 0. The lowest BCUT2D eigenvalue weighted by Crippen LogP contribution is -2.31. The molecular formula is C22H29NO2. The van der Waals surface area contributed by atoms with Gasteiger partial charge in [0.25, 0.3) is 5.91 Å². The molecule has 2 aromatic rings. The van der Waals surface area contributed by atoms with E-state index in [9.17, 15) is 4.79 Å². The van der Waals surface area contributed by atoms with Gasteiger partial charge < -0.3 is 10.1 Å². The molecular weight excluding hydrogens is 310 g/mol. The summed E-state index contributed by atoms with van der Waals surface area (Å²) in [4.78, 5) is 12.3. The molecule has 0 heterocycles. The van der Waals surface area contributed by atoms with Crippen molar-refractivity contribution in [1.29, 1.82) is 0 Å². The second kappa shape index (κ2) is 8.70. The topological polar surface area (TPSA) is 38.3 Å². The molecule has 0 aromatic heterocycles. The lowest BCUT2D eigenvalue weighted by atomic mass is 10.0. The Labute approximate surface area is 151 Å². The van der Waals surface area contributed by atoms with E-state index in [-0.39, 0.29) is 18.6 Å². The molecule has 134 valence electrons. The number of carbonyl (C=O) groups is 1. The highest BCUT2D eigenvalue weighted by Gasteiger charge is 2.13. The van der Waals surface area contributed by atoms with E-state index in [1.54, 1.807) is 0 Å². The van der Waals surface area contributed by atoms with Crippen LogP contribution in [0, 0.1) is 6.92 Å². The minimum absolute atomic E-state index is 0.0283. The van der Waals surface area contributed by atoms with Crippen LogP contribution in [-0.4, -0.2) is 12.5 Å². The van der Waals surface area contributed by atoms with E-state index < -0.39 is 0 Å². The van der Waals surface area contributed by atoms with Crippen LogP contribution in [-0.2, 0) is 11.2 Å². The van der Waals surface area contributed by atoms with Gasteiger partial charge in [0.15, 0.2) is 6.61 Å². The van der Waals surface area contributed by atoms with Crippen LogP contribution in [0.1, 0.15) is 61.9 Å². The van der Waals surface area contributed by atoms with Gasteiger partial charge in [-0.3, -0.25) is 4.79 Å². The molecule has 25 heavy (non-hydrogen) atoms. The van der Waals surface area contributed by atoms with Crippen LogP contribution in [0.4, 0.5) is 0 Å². The number of rotatable bonds is 7. The number of hydrogen-bond donors (Lipinski definition) is 1. The lowest BCUT2D eigenvalue weighted by molar-refractivity contribution is -0.123. The van der Waals surface area contributed by atoms with Crippen LogP contribution in [0.2, 0.25) is 0 Å². The third-order valence-corrected chi connectivity index (χ3v) is 4.42. The molecule has 0 fully saturated rings. The molecule has 0 radical (unpaired) electrons. The van der Waals surface area contributed by atoms with Gasteiger partial charge in [-0.05, 0) is 54.5 Å². The predicted molar refractivity (Wildman–Crippen MR) is 103 cm³/mol. The molecule has 3 nitrogen and oxygen atoms in total. The second-order valence-corrected chi connectivity index (χ2v) is 6.87. The van der Waals surface area contributed by atoms with Crippen molar-refractivity contribution in [2.24, 2.45) is 0 Å². The smallest absolute Gasteiger partial charge is 0.258 e. The zero-order chi connectivity index (χ0) is 18.4. The molecule has 0 spiro atoms. The Hall–Kier alpha value is -2.29. The predicted octanol–water partition coefficient (Wildman–Crippen LogP) is 4.94. The van der Waals surface area contributed by atoms with E-state index in [2.05, 4.69) is 62.5 Å². The van der Waals surface area contributed by atoms with Crippen molar-refractivity contribution in [1.82, 2.24) is 5.32 Å². The number of ether oxygens (including phenoxy) is 1. The fourth-order valence-corrected chi connectivity index (χ4v) is 2.80. The minimum atomic E-state index is -0.108. The molecule has 0 unspecified atom stereocenters. The molecule has 2 aromatic carbocycles. The van der Waals surface area contributed by atoms with Crippen molar-refractivity contribution in [3.8, 4) is 5.75 Å². The summed E-state index contributed by atoms with van der Waals surface area (Å²) in [5, 5.41) is 3.00. The number of aryl methyl sites for hydroxylation is 2. The first-order valence-corrected chi connectivity index (χ1v) is 9.02. The van der Waals surface area contributed by atoms with Crippen molar-refractivity contribution >= 4 is 5.91 Å². The molecule has 0 bridgehead atoms. The Morgan fingerprint density at radius 2 is 1.76 bits per heavy atom. The molecule has 0 aliphatic heterocycles. The molecule has 1 N–H and O–H groups in total. The largest absolute Gasteiger partial charge is 0.483 e. The lowest BCUT2D eigenvalue weighted by Gasteiger charge is -2.17. The highest BCUT2D eigenvalue weighted by Crippen LogP contribution is 2.27. The van der Waals surface area contributed by atoms with Gasteiger partial charge >= 0.3 is 0 Å². The fraction of sp³-hybridized carbons (Fsp3) is 0.409. The normalized spacial score (nSPS) is 12.1. The zero-order valence-corrected chi connectivity index (χ0v) is 15.9. The Kier molecular flexibility index (Phi) is 6.63. The van der Waals surface area contributed by atoms with E-state index in [4.69, 9.17) is 4.74 Å². The Balaban J connectivity index is 1.95. The summed E-state index contributed by atoms with van der Waals surface area (Å²) in [6.07, 6.45) is 1.02. The van der Waals surface area contributed by atoms with E-state index in [0.29, 0.717) is 5.92 Å². The average molecular weight is 339 g/mol. The Morgan fingerprint density at radius 3 is 2.36 bits per heavy atom. The van der Waals surface area contributed by atoms with Gasteiger partial charge in [-0.1, -0.05) is 57.2 Å². The molecule has 2 rings (SSSR count). The van der Waals surface area contributed by atoms with Gasteiger partial charge in [-0.2, -0.15) is 0 Å². The van der Waals surface area contributed by atoms with Gasteiger partial charge in [0.05, 0.1) is 6.04 Å². The van der Waals surface area contributed by atoms with Gasteiger partial charge in [-0.25, -0.2) is 0 Å². The molecule has 0 saturated heterocycles. The number of hydrogen-bond acceptors (Lipinski definition) is 2. The van der Waals surface area contributed by atoms with E-state index in [1.165, 1.54) is 5.56 Å².